The monoisotopic (exact) mass is 337 g/mol. The molecule has 0 aliphatic heterocycles. The number of halogens is 2. The van der Waals surface area contributed by atoms with E-state index in [0.717, 1.165) is 21.3 Å². The molecule has 0 aliphatic rings. The van der Waals surface area contributed by atoms with Crippen molar-refractivity contribution in [2.45, 2.75) is 13.5 Å². The molecule has 2 N–H and O–H groups in total. The van der Waals surface area contributed by atoms with Gasteiger partial charge in [-0.3, -0.25) is 0 Å². The number of carboxylic acid groups (broad SMARTS) is 1. The van der Waals surface area contributed by atoms with Crippen molar-refractivity contribution in [3.05, 3.63) is 63.4 Å². The molecule has 0 saturated carbocycles. The van der Waals surface area contributed by atoms with Gasteiger partial charge in [-0.2, -0.15) is 0 Å². The Bertz CT molecular complexity index is 658. The summed E-state index contributed by atoms with van der Waals surface area (Å²) in [6.45, 7) is 2.29. The van der Waals surface area contributed by atoms with Crippen molar-refractivity contribution in [2.75, 3.05) is 5.32 Å². The number of hydrogen-bond acceptors (Lipinski definition) is 2. The molecule has 3 nitrogen and oxygen atoms in total. The summed E-state index contributed by atoms with van der Waals surface area (Å²) < 4.78 is 14.0. The number of benzene rings is 2. The molecule has 0 spiro atoms. The van der Waals surface area contributed by atoms with E-state index >= 15 is 0 Å². The molecule has 2 rings (SSSR count). The standard InChI is InChI=1S/C15H13BrFNO2/c1-9-2-3-10(15(19)20)7-14(9)18-8-11-6-12(17)4-5-13(11)16/h2-7,18H,8H2,1H3,(H,19,20). The highest BCUT2D eigenvalue weighted by Gasteiger charge is 2.07. The zero-order valence-corrected chi connectivity index (χ0v) is 12.4. The maximum atomic E-state index is 13.2. The molecule has 0 radical (unpaired) electrons. The van der Waals surface area contributed by atoms with Crippen LogP contribution in [0, 0.1) is 12.7 Å². The number of rotatable bonds is 4. The average Bonchev–Trinajstić information content (AvgIpc) is 2.41. The molecule has 0 saturated heterocycles. The second-order valence-corrected chi connectivity index (χ2v) is 5.28. The van der Waals surface area contributed by atoms with Crippen LogP contribution in [0.1, 0.15) is 21.5 Å². The van der Waals surface area contributed by atoms with Crippen LogP contribution in [0.4, 0.5) is 10.1 Å². The summed E-state index contributed by atoms with van der Waals surface area (Å²) in [5.41, 5.74) is 2.64. The number of carbonyl (C=O) groups is 1. The van der Waals surface area contributed by atoms with Crippen LogP contribution >= 0.6 is 15.9 Å². The lowest BCUT2D eigenvalue weighted by atomic mass is 10.1. The van der Waals surface area contributed by atoms with E-state index in [2.05, 4.69) is 21.2 Å². The minimum absolute atomic E-state index is 0.219. The summed E-state index contributed by atoms with van der Waals surface area (Å²) in [5, 5.41) is 12.1. The Morgan fingerprint density at radius 1 is 1.30 bits per heavy atom. The topological polar surface area (TPSA) is 49.3 Å². The van der Waals surface area contributed by atoms with Crippen molar-refractivity contribution in [3.63, 3.8) is 0 Å². The van der Waals surface area contributed by atoms with Gasteiger partial charge in [-0.25, -0.2) is 9.18 Å². The van der Waals surface area contributed by atoms with Crippen LogP contribution in [0.15, 0.2) is 40.9 Å². The van der Waals surface area contributed by atoms with Gasteiger partial charge in [-0.15, -0.1) is 0 Å². The Morgan fingerprint density at radius 2 is 2.05 bits per heavy atom. The quantitative estimate of drug-likeness (QED) is 0.878. The molecule has 0 bridgehead atoms. The Kier molecular flexibility index (Phi) is 4.39. The highest BCUT2D eigenvalue weighted by Crippen LogP contribution is 2.22. The molecular formula is C15H13BrFNO2. The molecule has 0 aromatic heterocycles. The first-order chi connectivity index (χ1) is 9.47. The molecule has 0 atom stereocenters. The van der Waals surface area contributed by atoms with Gasteiger partial charge in [0.05, 0.1) is 5.56 Å². The van der Waals surface area contributed by atoms with Crippen LogP contribution in [0.3, 0.4) is 0 Å². The van der Waals surface area contributed by atoms with E-state index in [4.69, 9.17) is 5.11 Å². The van der Waals surface area contributed by atoms with Gasteiger partial charge in [0.1, 0.15) is 5.82 Å². The van der Waals surface area contributed by atoms with Crippen molar-refractivity contribution >= 4 is 27.6 Å². The summed E-state index contributed by atoms with van der Waals surface area (Å²) in [7, 11) is 0. The van der Waals surface area contributed by atoms with Crippen molar-refractivity contribution in [1.29, 1.82) is 0 Å². The Morgan fingerprint density at radius 3 is 2.75 bits per heavy atom. The van der Waals surface area contributed by atoms with Gasteiger partial charge in [0.15, 0.2) is 0 Å². The van der Waals surface area contributed by atoms with E-state index in [1.807, 2.05) is 6.92 Å². The molecule has 2 aromatic rings. The second kappa shape index (κ2) is 6.05. The fourth-order valence-corrected chi connectivity index (χ4v) is 2.20. The van der Waals surface area contributed by atoms with Gasteiger partial charge in [0.25, 0.3) is 0 Å². The van der Waals surface area contributed by atoms with Gasteiger partial charge in [-0.05, 0) is 48.4 Å². The minimum Gasteiger partial charge on any atom is -0.478 e. The molecule has 5 heteroatoms. The maximum absolute atomic E-state index is 13.2. The number of nitrogens with one attached hydrogen (secondary N) is 1. The lowest BCUT2D eigenvalue weighted by Crippen LogP contribution is -2.04. The fraction of sp³-hybridized carbons (Fsp3) is 0.133. The highest BCUT2D eigenvalue weighted by molar-refractivity contribution is 9.10. The third-order valence-corrected chi connectivity index (χ3v) is 3.74. The van der Waals surface area contributed by atoms with Gasteiger partial charge in [0, 0.05) is 16.7 Å². The molecule has 2 aromatic carbocycles. The first-order valence-corrected chi connectivity index (χ1v) is 6.78. The van der Waals surface area contributed by atoms with E-state index < -0.39 is 5.97 Å². The van der Waals surface area contributed by atoms with Crippen LogP contribution in [0.2, 0.25) is 0 Å². The predicted octanol–water partition coefficient (Wildman–Crippen LogP) is 4.21. The number of aryl methyl sites for hydroxylation is 1. The Hall–Kier alpha value is -1.88. The largest absolute Gasteiger partial charge is 0.478 e. The first kappa shape index (κ1) is 14.5. The summed E-state index contributed by atoms with van der Waals surface area (Å²) in [4.78, 5) is 11.0. The third-order valence-electron chi connectivity index (χ3n) is 2.96. The van der Waals surface area contributed by atoms with Crippen LogP contribution in [0.25, 0.3) is 0 Å². The molecule has 104 valence electrons. The lowest BCUT2D eigenvalue weighted by Gasteiger charge is -2.11. The minimum atomic E-state index is -0.972. The summed E-state index contributed by atoms with van der Waals surface area (Å²) >= 11 is 3.36. The van der Waals surface area contributed by atoms with Crippen LogP contribution in [-0.2, 0) is 6.54 Å². The maximum Gasteiger partial charge on any atom is 0.335 e. The average molecular weight is 338 g/mol. The molecule has 0 amide bonds. The van der Waals surface area contributed by atoms with E-state index in [1.165, 1.54) is 12.1 Å². The fourth-order valence-electron chi connectivity index (χ4n) is 1.81. The number of anilines is 1. The van der Waals surface area contributed by atoms with Crippen molar-refractivity contribution < 1.29 is 14.3 Å². The van der Waals surface area contributed by atoms with Crippen LogP contribution in [0.5, 0.6) is 0 Å². The number of hydrogen-bond donors (Lipinski definition) is 2. The molecule has 20 heavy (non-hydrogen) atoms. The lowest BCUT2D eigenvalue weighted by molar-refractivity contribution is 0.0697. The van der Waals surface area contributed by atoms with Gasteiger partial charge in [-0.1, -0.05) is 22.0 Å². The van der Waals surface area contributed by atoms with Crippen molar-refractivity contribution in [2.24, 2.45) is 0 Å². The highest BCUT2D eigenvalue weighted by atomic mass is 79.9. The Labute approximate surface area is 124 Å². The summed E-state index contributed by atoms with van der Waals surface area (Å²) in [6.07, 6.45) is 0. The van der Waals surface area contributed by atoms with E-state index in [1.54, 1.807) is 24.3 Å². The smallest absolute Gasteiger partial charge is 0.335 e. The van der Waals surface area contributed by atoms with E-state index in [9.17, 15) is 9.18 Å². The second-order valence-electron chi connectivity index (χ2n) is 4.42. The van der Waals surface area contributed by atoms with Gasteiger partial charge in [0.2, 0.25) is 0 Å². The van der Waals surface area contributed by atoms with Gasteiger partial charge >= 0.3 is 5.97 Å². The molecular weight excluding hydrogens is 325 g/mol. The van der Waals surface area contributed by atoms with Crippen LogP contribution < -0.4 is 5.32 Å². The first-order valence-electron chi connectivity index (χ1n) is 5.99. The normalized spacial score (nSPS) is 10.3. The third kappa shape index (κ3) is 3.36. The number of aromatic carboxylic acids is 1. The molecule has 0 unspecified atom stereocenters. The summed E-state index contributed by atoms with van der Waals surface area (Å²) in [5.74, 6) is -1.28. The number of carboxylic acids is 1. The SMILES string of the molecule is Cc1ccc(C(=O)O)cc1NCc1cc(F)ccc1Br. The summed E-state index contributed by atoms with van der Waals surface area (Å²) in [6, 6.07) is 9.34. The van der Waals surface area contributed by atoms with Crippen molar-refractivity contribution in [1.82, 2.24) is 0 Å². The molecule has 0 heterocycles. The Balaban J connectivity index is 2.20. The molecule has 0 fully saturated rings. The molecule has 0 aliphatic carbocycles. The van der Waals surface area contributed by atoms with Crippen molar-refractivity contribution in [3.8, 4) is 0 Å². The van der Waals surface area contributed by atoms with E-state index in [-0.39, 0.29) is 11.4 Å². The zero-order valence-electron chi connectivity index (χ0n) is 10.8. The predicted molar refractivity (Wildman–Crippen MR) is 79.6 cm³/mol. The van der Waals surface area contributed by atoms with Gasteiger partial charge < -0.3 is 10.4 Å². The van der Waals surface area contributed by atoms with Crippen LogP contribution in [-0.4, -0.2) is 11.1 Å². The van der Waals surface area contributed by atoms with E-state index in [0.29, 0.717) is 6.54 Å². The zero-order chi connectivity index (χ0) is 14.7.